The van der Waals surface area contributed by atoms with Gasteiger partial charge >= 0.3 is 0 Å². The Labute approximate surface area is 123 Å². The minimum Gasteiger partial charge on any atom is -0.338 e. The third kappa shape index (κ3) is 2.63. The molecule has 0 bridgehead atoms. The standard InChI is InChI=1S/C15H19N3OS/c1-2-14-16-6-9-17(14)8-4-15(19)18-7-3-13-12(11-18)5-10-20-13/h5-6,9-10H,2-4,7-8,11H2,1H3. The SMILES string of the molecule is CCc1nccn1CCC(=O)N1CCc2sccc2C1. The van der Waals surface area contributed by atoms with E-state index in [1.165, 1.54) is 10.4 Å². The Morgan fingerprint density at radius 3 is 3.25 bits per heavy atom. The number of carbonyl (C=O) groups excluding carboxylic acids is 1. The molecule has 0 unspecified atom stereocenters. The van der Waals surface area contributed by atoms with Crippen LogP contribution in [0, 0.1) is 0 Å². The first-order valence-corrected chi connectivity index (χ1v) is 7.99. The number of thiophene rings is 1. The molecule has 106 valence electrons. The Bertz CT molecular complexity index is 602. The largest absolute Gasteiger partial charge is 0.338 e. The minimum absolute atomic E-state index is 0.248. The molecule has 0 N–H and O–H groups in total. The highest BCUT2D eigenvalue weighted by Crippen LogP contribution is 2.24. The summed E-state index contributed by atoms with van der Waals surface area (Å²) in [5.74, 6) is 1.30. The number of aromatic nitrogens is 2. The van der Waals surface area contributed by atoms with Crippen molar-refractivity contribution in [2.75, 3.05) is 6.54 Å². The summed E-state index contributed by atoms with van der Waals surface area (Å²) in [6.45, 7) is 4.46. The average molecular weight is 289 g/mol. The van der Waals surface area contributed by atoms with Crippen LogP contribution in [0.2, 0.25) is 0 Å². The number of amides is 1. The molecule has 0 fully saturated rings. The molecule has 0 aromatic carbocycles. The second-order valence-corrected chi connectivity index (χ2v) is 6.08. The van der Waals surface area contributed by atoms with Crippen molar-refractivity contribution >= 4 is 17.2 Å². The van der Waals surface area contributed by atoms with Crippen molar-refractivity contribution < 1.29 is 4.79 Å². The lowest BCUT2D eigenvalue weighted by molar-refractivity contribution is -0.132. The Morgan fingerprint density at radius 1 is 1.50 bits per heavy atom. The molecule has 0 saturated carbocycles. The fourth-order valence-electron chi connectivity index (χ4n) is 2.69. The lowest BCUT2D eigenvalue weighted by Gasteiger charge is -2.27. The van der Waals surface area contributed by atoms with E-state index < -0.39 is 0 Å². The van der Waals surface area contributed by atoms with Crippen LogP contribution < -0.4 is 0 Å². The summed E-state index contributed by atoms with van der Waals surface area (Å²) in [6.07, 6.45) is 6.23. The van der Waals surface area contributed by atoms with Gasteiger partial charge in [0.1, 0.15) is 5.82 Å². The summed E-state index contributed by atoms with van der Waals surface area (Å²) >= 11 is 1.81. The number of nitrogens with zero attached hydrogens (tertiary/aromatic N) is 3. The summed E-state index contributed by atoms with van der Waals surface area (Å²) in [5.41, 5.74) is 1.33. The van der Waals surface area contributed by atoms with Crippen molar-refractivity contribution in [2.45, 2.75) is 39.3 Å². The van der Waals surface area contributed by atoms with E-state index >= 15 is 0 Å². The monoisotopic (exact) mass is 289 g/mol. The molecule has 1 aliphatic heterocycles. The first kappa shape index (κ1) is 13.4. The van der Waals surface area contributed by atoms with Crippen LogP contribution in [0.3, 0.4) is 0 Å². The average Bonchev–Trinajstić information content (AvgIpc) is 3.12. The van der Waals surface area contributed by atoms with Crippen molar-refractivity contribution in [3.63, 3.8) is 0 Å². The lowest BCUT2D eigenvalue weighted by atomic mass is 10.1. The van der Waals surface area contributed by atoms with E-state index in [4.69, 9.17) is 0 Å². The third-order valence-corrected chi connectivity index (χ3v) is 4.87. The molecule has 5 heteroatoms. The van der Waals surface area contributed by atoms with Gasteiger partial charge in [0, 0.05) is 49.7 Å². The fourth-order valence-corrected chi connectivity index (χ4v) is 3.58. The quantitative estimate of drug-likeness (QED) is 0.867. The highest BCUT2D eigenvalue weighted by atomic mass is 32.1. The third-order valence-electron chi connectivity index (χ3n) is 3.84. The number of aryl methyl sites for hydroxylation is 2. The number of hydrogen-bond donors (Lipinski definition) is 0. The molecule has 2 aromatic heterocycles. The van der Waals surface area contributed by atoms with Gasteiger partial charge in [-0.2, -0.15) is 0 Å². The topological polar surface area (TPSA) is 38.1 Å². The van der Waals surface area contributed by atoms with Gasteiger partial charge in [0.2, 0.25) is 5.91 Å². The summed E-state index contributed by atoms with van der Waals surface area (Å²) in [4.78, 5) is 20.0. The van der Waals surface area contributed by atoms with Crippen molar-refractivity contribution in [2.24, 2.45) is 0 Å². The zero-order valence-electron chi connectivity index (χ0n) is 11.7. The maximum atomic E-state index is 12.3. The molecule has 3 heterocycles. The van der Waals surface area contributed by atoms with Gasteiger partial charge in [-0.1, -0.05) is 6.92 Å². The Balaban J connectivity index is 1.58. The summed E-state index contributed by atoms with van der Waals surface area (Å²) in [6, 6.07) is 2.14. The Kier molecular flexibility index (Phi) is 3.87. The van der Waals surface area contributed by atoms with E-state index in [2.05, 4.69) is 27.9 Å². The molecule has 2 aromatic rings. The number of imidazole rings is 1. The zero-order valence-corrected chi connectivity index (χ0v) is 12.5. The second-order valence-electron chi connectivity index (χ2n) is 5.07. The molecular formula is C15H19N3OS. The molecule has 0 atom stereocenters. The van der Waals surface area contributed by atoms with Crippen molar-refractivity contribution in [3.05, 3.63) is 40.1 Å². The number of fused-ring (bicyclic) bond motifs is 1. The van der Waals surface area contributed by atoms with Crippen LogP contribution in [0.4, 0.5) is 0 Å². The van der Waals surface area contributed by atoms with Gasteiger partial charge in [-0.15, -0.1) is 11.3 Å². The fraction of sp³-hybridized carbons (Fsp3) is 0.467. The lowest BCUT2D eigenvalue weighted by Crippen LogP contribution is -2.35. The molecular weight excluding hydrogens is 270 g/mol. The normalized spacial score (nSPS) is 14.3. The van der Waals surface area contributed by atoms with E-state index in [1.54, 1.807) is 11.3 Å². The van der Waals surface area contributed by atoms with Gasteiger partial charge in [-0.25, -0.2) is 4.98 Å². The maximum Gasteiger partial charge on any atom is 0.224 e. The highest BCUT2D eigenvalue weighted by molar-refractivity contribution is 7.10. The molecule has 0 saturated heterocycles. The molecule has 1 amide bonds. The number of carbonyl (C=O) groups is 1. The molecule has 3 rings (SSSR count). The van der Waals surface area contributed by atoms with E-state index in [0.717, 1.165) is 38.3 Å². The molecule has 20 heavy (non-hydrogen) atoms. The van der Waals surface area contributed by atoms with Crippen molar-refractivity contribution in [1.29, 1.82) is 0 Å². The predicted molar refractivity (Wildman–Crippen MR) is 79.7 cm³/mol. The van der Waals surface area contributed by atoms with Crippen LogP contribution in [-0.4, -0.2) is 26.9 Å². The van der Waals surface area contributed by atoms with E-state index in [-0.39, 0.29) is 5.91 Å². The van der Waals surface area contributed by atoms with E-state index in [1.807, 2.05) is 17.3 Å². The minimum atomic E-state index is 0.248. The molecule has 1 aliphatic rings. The number of rotatable bonds is 4. The highest BCUT2D eigenvalue weighted by Gasteiger charge is 2.21. The van der Waals surface area contributed by atoms with E-state index in [0.29, 0.717) is 6.42 Å². The Morgan fingerprint density at radius 2 is 2.40 bits per heavy atom. The van der Waals surface area contributed by atoms with Crippen LogP contribution >= 0.6 is 11.3 Å². The second kappa shape index (κ2) is 5.79. The first-order chi connectivity index (χ1) is 9.78. The van der Waals surface area contributed by atoms with Crippen molar-refractivity contribution in [3.8, 4) is 0 Å². The van der Waals surface area contributed by atoms with Crippen molar-refractivity contribution in [1.82, 2.24) is 14.5 Å². The number of hydrogen-bond acceptors (Lipinski definition) is 3. The van der Waals surface area contributed by atoms with Gasteiger partial charge in [-0.05, 0) is 23.4 Å². The first-order valence-electron chi connectivity index (χ1n) is 7.11. The summed E-state index contributed by atoms with van der Waals surface area (Å²) < 4.78 is 2.08. The zero-order chi connectivity index (χ0) is 13.9. The van der Waals surface area contributed by atoms with Crippen LogP contribution in [0.1, 0.15) is 29.6 Å². The summed E-state index contributed by atoms with van der Waals surface area (Å²) in [5, 5.41) is 2.12. The summed E-state index contributed by atoms with van der Waals surface area (Å²) in [7, 11) is 0. The van der Waals surface area contributed by atoms with Gasteiger partial charge < -0.3 is 9.47 Å². The van der Waals surface area contributed by atoms with Gasteiger partial charge in [-0.3, -0.25) is 4.79 Å². The van der Waals surface area contributed by atoms with Crippen LogP contribution in [0.15, 0.2) is 23.8 Å². The van der Waals surface area contributed by atoms with Gasteiger partial charge in [0.05, 0.1) is 0 Å². The van der Waals surface area contributed by atoms with Gasteiger partial charge in [0.15, 0.2) is 0 Å². The molecule has 4 nitrogen and oxygen atoms in total. The molecule has 0 spiro atoms. The smallest absolute Gasteiger partial charge is 0.224 e. The molecule has 0 aliphatic carbocycles. The van der Waals surface area contributed by atoms with E-state index in [9.17, 15) is 4.79 Å². The Hall–Kier alpha value is -1.62. The van der Waals surface area contributed by atoms with Crippen LogP contribution in [-0.2, 0) is 30.7 Å². The van der Waals surface area contributed by atoms with Gasteiger partial charge in [0.25, 0.3) is 0 Å². The van der Waals surface area contributed by atoms with Crippen LogP contribution in [0.25, 0.3) is 0 Å². The van der Waals surface area contributed by atoms with Crippen LogP contribution in [0.5, 0.6) is 0 Å². The maximum absolute atomic E-state index is 12.3. The predicted octanol–water partition coefficient (Wildman–Crippen LogP) is 2.48. The molecule has 0 radical (unpaired) electrons.